The highest BCUT2D eigenvalue weighted by Crippen LogP contribution is 2.03. The van der Waals surface area contributed by atoms with Crippen LogP contribution in [0.5, 0.6) is 0 Å². The molecule has 1 saturated heterocycles. The van der Waals surface area contributed by atoms with Gasteiger partial charge in [-0.25, -0.2) is 0 Å². The molecule has 70 valence electrons. The minimum Gasteiger partial charge on any atom is -0.384 e. The zero-order chi connectivity index (χ0) is 8.97. The molecule has 0 radical (unpaired) electrons. The first kappa shape index (κ1) is 9.48. The fraction of sp³-hybridized carbons (Fsp3) is 0.875. The molecule has 12 heavy (non-hydrogen) atoms. The molecule has 1 heterocycles. The Morgan fingerprint density at radius 1 is 1.67 bits per heavy atom. The molecule has 1 aliphatic heterocycles. The molecule has 0 unspecified atom stereocenters. The molecule has 0 aliphatic carbocycles. The second-order valence-corrected chi connectivity index (χ2v) is 3.06. The van der Waals surface area contributed by atoms with E-state index < -0.39 is 0 Å². The van der Waals surface area contributed by atoms with Crippen LogP contribution < -0.4 is 5.32 Å². The lowest BCUT2D eigenvalue weighted by Crippen LogP contribution is -2.57. The summed E-state index contributed by atoms with van der Waals surface area (Å²) in [6.45, 7) is 2.37. The van der Waals surface area contributed by atoms with Gasteiger partial charge in [0.1, 0.15) is 0 Å². The van der Waals surface area contributed by atoms with E-state index in [0.29, 0.717) is 19.1 Å². The van der Waals surface area contributed by atoms with E-state index in [-0.39, 0.29) is 5.91 Å². The first-order valence-electron chi connectivity index (χ1n) is 4.21. The average Bonchev–Trinajstić information content (AvgIpc) is 1.96. The molecule has 0 aromatic rings. The summed E-state index contributed by atoms with van der Waals surface area (Å²) < 4.78 is 4.83. The van der Waals surface area contributed by atoms with Crippen molar-refractivity contribution in [3.8, 4) is 0 Å². The monoisotopic (exact) mass is 172 g/mol. The summed E-state index contributed by atoms with van der Waals surface area (Å²) in [6.07, 6.45) is 0.490. The Kier molecular flexibility index (Phi) is 3.49. The summed E-state index contributed by atoms with van der Waals surface area (Å²) in [6, 6.07) is 0.398. The molecular formula is C8H16N2O2. The number of rotatable bonds is 4. The van der Waals surface area contributed by atoms with Crippen LogP contribution in [-0.2, 0) is 9.53 Å². The molecule has 1 aliphatic rings. The highest BCUT2D eigenvalue weighted by atomic mass is 16.5. The third-order valence-electron chi connectivity index (χ3n) is 2.22. The van der Waals surface area contributed by atoms with Crippen molar-refractivity contribution < 1.29 is 9.53 Å². The van der Waals surface area contributed by atoms with E-state index in [1.807, 2.05) is 7.05 Å². The van der Waals surface area contributed by atoms with Crippen LogP contribution in [0.25, 0.3) is 0 Å². The molecule has 0 aromatic heterocycles. The van der Waals surface area contributed by atoms with Crippen LogP contribution in [0.15, 0.2) is 0 Å². The molecule has 0 bridgehead atoms. The zero-order valence-corrected chi connectivity index (χ0v) is 7.67. The Bertz CT molecular complexity index is 157. The van der Waals surface area contributed by atoms with Crippen molar-refractivity contribution in [2.45, 2.75) is 12.5 Å². The quantitative estimate of drug-likeness (QED) is 0.619. The Balaban J connectivity index is 2.20. The van der Waals surface area contributed by atoms with Gasteiger partial charge in [0, 0.05) is 27.2 Å². The van der Waals surface area contributed by atoms with Crippen LogP contribution in [0, 0.1) is 0 Å². The van der Waals surface area contributed by atoms with Gasteiger partial charge in [-0.1, -0.05) is 0 Å². The molecule has 1 N–H and O–H groups in total. The average molecular weight is 172 g/mol. The standard InChI is InChI=1S/C8H16N2O2/c1-10(7-5-9-6-7)8(11)3-4-12-2/h7,9H,3-6H2,1-2H3. The Labute approximate surface area is 72.9 Å². The number of hydrogen-bond acceptors (Lipinski definition) is 3. The van der Waals surface area contributed by atoms with Crippen molar-refractivity contribution >= 4 is 5.91 Å². The molecule has 0 aromatic carbocycles. The number of hydrogen-bond donors (Lipinski definition) is 1. The van der Waals surface area contributed by atoms with Gasteiger partial charge < -0.3 is 15.0 Å². The van der Waals surface area contributed by atoms with E-state index in [1.165, 1.54) is 0 Å². The molecule has 1 fully saturated rings. The van der Waals surface area contributed by atoms with E-state index >= 15 is 0 Å². The smallest absolute Gasteiger partial charge is 0.224 e. The van der Waals surface area contributed by atoms with Gasteiger partial charge >= 0.3 is 0 Å². The van der Waals surface area contributed by atoms with Gasteiger partial charge in [0.15, 0.2) is 0 Å². The van der Waals surface area contributed by atoms with Crippen LogP contribution in [0.2, 0.25) is 0 Å². The van der Waals surface area contributed by atoms with Crippen LogP contribution >= 0.6 is 0 Å². The van der Waals surface area contributed by atoms with E-state index in [1.54, 1.807) is 12.0 Å². The summed E-state index contributed by atoms with van der Waals surface area (Å²) >= 11 is 0. The topological polar surface area (TPSA) is 41.6 Å². The molecule has 0 spiro atoms. The predicted octanol–water partition coefficient (Wildman–Crippen LogP) is -0.547. The lowest BCUT2D eigenvalue weighted by molar-refractivity contribution is -0.133. The van der Waals surface area contributed by atoms with Crippen molar-refractivity contribution in [1.29, 1.82) is 0 Å². The Morgan fingerprint density at radius 2 is 2.33 bits per heavy atom. The molecule has 4 nitrogen and oxygen atoms in total. The first-order chi connectivity index (χ1) is 5.75. The summed E-state index contributed by atoms with van der Waals surface area (Å²) in [7, 11) is 3.46. The maximum absolute atomic E-state index is 11.4. The molecular weight excluding hydrogens is 156 g/mol. The van der Waals surface area contributed by atoms with E-state index in [4.69, 9.17) is 4.74 Å². The van der Waals surface area contributed by atoms with Gasteiger partial charge in [-0.15, -0.1) is 0 Å². The Morgan fingerprint density at radius 3 is 2.75 bits per heavy atom. The normalized spacial score (nSPS) is 17.2. The second-order valence-electron chi connectivity index (χ2n) is 3.06. The number of nitrogens with one attached hydrogen (secondary N) is 1. The van der Waals surface area contributed by atoms with Crippen molar-refractivity contribution in [2.75, 3.05) is 33.9 Å². The lowest BCUT2D eigenvalue weighted by Gasteiger charge is -2.35. The minimum atomic E-state index is 0.170. The van der Waals surface area contributed by atoms with Gasteiger partial charge in [-0.05, 0) is 0 Å². The van der Waals surface area contributed by atoms with Crippen molar-refractivity contribution in [3.05, 3.63) is 0 Å². The van der Waals surface area contributed by atoms with Crippen molar-refractivity contribution in [3.63, 3.8) is 0 Å². The van der Waals surface area contributed by atoms with Gasteiger partial charge in [0.05, 0.1) is 19.1 Å². The fourth-order valence-corrected chi connectivity index (χ4v) is 1.12. The third kappa shape index (κ3) is 2.19. The number of amides is 1. The summed E-state index contributed by atoms with van der Waals surface area (Å²) in [5, 5.41) is 3.13. The highest BCUT2D eigenvalue weighted by molar-refractivity contribution is 5.76. The minimum absolute atomic E-state index is 0.170. The predicted molar refractivity (Wildman–Crippen MR) is 45.9 cm³/mol. The number of carbonyl (C=O) groups is 1. The number of ether oxygens (including phenoxy) is 1. The van der Waals surface area contributed by atoms with E-state index in [0.717, 1.165) is 13.1 Å². The van der Waals surface area contributed by atoms with Gasteiger partial charge in [0.25, 0.3) is 0 Å². The maximum atomic E-state index is 11.4. The largest absolute Gasteiger partial charge is 0.384 e. The molecule has 1 rings (SSSR count). The first-order valence-corrected chi connectivity index (χ1v) is 4.21. The van der Waals surface area contributed by atoms with Crippen LogP contribution in [0.3, 0.4) is 0 Å². The molecule has 0 atom stereocenters. The highest BCUT2D eigenvalue weighted by Gasteiger charge is 2.24. The SMILES string of the molecule is COCCC(=O)N(C)C1CNC1. The molecule has 4 heteroatoms. The summed E-state index contributed by atoms with van der Waals surface area (Å²) in [4.78, 5) is 13.2. The van der Waals surface area contributed by atoms with Gasteiger partial charge in [0.2, 0.25) is 5.91 Å². The van der Waals surface area contributed by atoms with Gasteiger partial charge in [-0.3, -0.25) is 4.79 Å². The van der Waals surface area contributed by atoms with Crippen molar-refractivity contribution in [1.82, 2.24) is 10.2 Å². The van der Waals surface area contributed by atoms with Crippen molar-refractivity contribution in [2.24, 2.45) is 0 Å². The summed E-state index contributed by atoms with van der Waals surface area (Å²) in [5.74, 6) is 0.170. The van der Waals surface area contributed by atoms with Crippen LogP contribution in [0.1, 0.15) is 6.42 Å². The second kappa shape index (κ2) is 4.42. The van der Waals surface area contributed by atoms with E-state index in [2.05, 4.69) is 5.32 Å². The van der Waals surface area contributed by atoms with Gasteiger partial charge in [-0.2, -0.15) is 0 Å². The summed E-state index contributed by atoms with van der Waals surface area (Å²) in [5.41, 5.74) is 0. The van der Waals surface area contributed by atoms with Crippen LogP contribution in [-0.4, -0.2) is 50.7 Å². The lowest BCUT2D eigenvalue weighted by atomic mass is 10.1. The molecule has 0 saturated carbocycles. The Hall–Kier alpha value is -0.610. The zero-order valence-electron chi connectivity index (χ0n) is 7.67. The number of likely N-dealkylation sites (N-methyl/N-ethyl adjacent to an activating group) is 1. The number of carbonyl (C=O) groups excluding carboxylic acids is 1. The third-order valence-corrected chi connectivity index (χ3v) is 2.22. The number of methoxy groups -OCH3 is 1. The fourth-order valence-electron chi connectivity index (χ4n) is 1.12. The van der Waals surface area contributed by atoms with E-state index in [9.17, 15) is 4.79 Å². The maximum Gasteiger partial charge on any atom is 0.224 e. The molecule has 1 amide bonds. The number of nitrogens with zero attached hydrogens (tertiary/aromatic N) is 1. The van der Waals surface area contributed by atoms with Crippen LogP contribution in [0.4, 0.5) is 0 Å².